The molecule has 0 atom stereocenters. The van der Waals surface area contributed by atoms with E-state index < -0.39 is 0 Å². The number of thiophene rings is 1. The average molecular weight is 466 g/mol. The van der Waals surface area contributed by atoms with E-state index in [0.717, 1.165) is 50.8 Å². The molecule has 0 unspecified atom stereocenters. The first-order chi connectivity index (χ1) is 16.0. The van der Waals surface area contributed by atoms with Crippen molar-refractivity contribution >= 4 is 27.5 Å². The Morgan fingerprint density at radius 2 is 1.91 bits per heavy atom. The van der Waals surface area contributed by atoms with Crippen LogP contribution in [0.2, 0.25) is 0 Å². The maximum absolute atomic E-state index is 13.3. The third-order valence-electron chi connectivity index (χ3n) is 6.95. The van der Waals surface area contributed by atoms with E-state index in [1.807, 2.05) is 32.9 Å². The van der Waals surface area contributed by atoms with Crippen LogP contribution in [0.15, 0.2) is 24.3 Å². The lowest BCUT2D eigenvalue weighted by atomic mass is 9.74. The van der Waals surface area contributed by atoms with Gasteiger partial charge in [0.2, 0.25) is 0 Å². The Labute approximate surface area is 198 Å². The van der Waals surface area contributed by atoms with Gasteiger partial charge < -0.3 is 14.8 Å². The molecule has 2 fully saturated rings. The van der Waals surface area contributed by atoms with Crippen LogP contribution in [0.1, 0.15) is 70.8 Å². The van der Waals surface area contributed by atoms with Crippen molar-refractivity contribution in [2.45, 2.75) is 57.8 Å². The summed E-state index contributed by atoms with van der Waals surface area (Å²) in [5.74, 6) is 2.27. The van der Waals surface area contributed by atoms with Gasteiger partial charge >= 0.3 is 0 Å². The Bertz CT molecular complexity index is 1160. The molecule has 1 saturated carbocycles. The number of fused-ring (bicyclic) bond motifs is 1. The summed E-state index contributed by atoms with van der Waals surface area (Å²) in [5, 5.41) is 4.28. The lowest BCUT2D eigenvalue weighted by molar-refractivity contribution is 0.0487. The predicted octanol–water partition coefficient (Wildman–Crippen LogP) is 5.06. The van der Waals surface area contributed by atoms with Crippen LogP contribution in [-0.2, 0) is 10.2 Å². The highest BCUT2D eigenvalue weighted by atomic mass is 32.1. The number of carbonyl (C=O) groups excluding carboxylic acids is 1. The zero-order chi connectivity index (χ0) is 23.0. The molecular formula is C26H31N3O3S. The van der Waals surface area contributed by atoms with Crippen molar-refractivity contribution in [1.29, 1.82) is 0 Å². The molecule has 0 bridgehead atoms. The molecular weight excluding hydrogens is 434 g/mol. The van der Waals surface area contributed by atoms with Crippen molar-refractivity contribution < 1.29 is 14.3 Å². The fourth-order valence-electron chi connectivity index (χ4n) is 4.83. The van der Waals surface area contributed by atoms with E-state index in [4.69, 9.17) is 19.4 Å². The van der Waals surface area contributed by atoms with Crippen LogP contribution < -0.4 is 10.1 Å². The van der Waals surface area contributed by atoms with Crippen LogP contribution >= 0.6 is 11.3 Å². The first-order valence-electron chi connectivity index (χ1n) is 11.9. The van der Waals surface area contributed by atoms with Crippen molar-refractivity contribution in [1.82, 2.24) is 15.3 Å². The molecule has 1 aromatic carbocycles. The number of nitrogens with one attached hydrogen (secondary N) is 1. The van der Waals surface area contributed by atoms with Gasteiger partial charge in [0.25, 0.3) is 5.91 Å². The molecule has 174 valence electrons. The fourth-order valence-corrected chi connectivity index (χ4v) is 5.99. The van der Waals surface area contributed by atoms with E-state index in [1.54, 1.807) is 0 Å². The van der Waals surface area contributed by atoms with E-state index in [-0.39, 0.29) is 11.3 Å². The number of aromatic nitrogens is 2. The topological polar surface area (TPSA) is 73.3 Å². The number of carbonyl (C=O) groups is 1. The Morgan fingerprint density at radius 1 is 1.18 bits per heavy atom. The van der Waals surface area contributed by atoms with E-state index in [0.29, 0.717) is 32.3 Å². The summed E-state index contributed by atoms with van der Waals surface area (Å²) in [6.07, 6.45) is 4.09. The SMILES string of the molecule is CCOc1ccc(C2(CNC(=O)c3sc4nc(C5CC5)nc(C)c4c3C)CCOCC2)cc1. The van der Waals surface area contributed by atoms with Gasteiger partial charge in [-0.1, -0.05) is 12.1 Å². The highest BCUT2D eigenvalue weighted by Gasteiger charge is 2.35. The number of hydrogen-bond donors (Lipinski definition) is 1. The third kappa shape index (κ3) is 4.36. The number of ether oxygens (including phenoxy) is 2. The molecule has 1 aliphatic heterocycles. The van der Waals surface area contributed by atoms with Gasteiger partial charge in [-0.05, 0) is 69.7 Å². The summed E-state index contributed by atoms with van der Waals surface area (Å²) in [7, 11) is 0. The number of hydrogen-bond acceptors (Lipinski definition) is 6. The van der Waals surface area contributed by atoms with Crippen LogP contribution in [0.4, 0.5) is 0 Å². The minimum absolute atomic E-state index is 0.0281. The van der Waals surface area contributed by atoms with Crippen LogP contribution in [0.25, 0.3) is 10.2 Å². The summed E-state index contributed by atoms with van der Waals surface area (Å²) >= 11 is 1.49. The van der Waals surface area contributed by atoms with Gasteiger partial charge in [-0.3, -0.25) is 4.79 Å². The van der Waals surface area contributed by atoms with Gasteiger partial charge in [0, 0.05) is 36.5 Å². The maximum atomic E-state index is 13.3. The molecule has 0 spiro atoms. The number of aryl methyl sites for hydroxylation is 2. The summed E-state index contributed by atoms with van der Waals surface area (Å²) in [6.45, 7) is 8.65. The highest BCUT2D eigenvalue weighted by Crippen LogP contribution is 2.41. The summed E-state index contributed by atoms with van der Waals surface area (Å²) in [4.78, 5) is 24.5. The summed E-state index contributed by atoms with van der Waals surface area (Å²) < 4.78 is 11.3. The first-order valence-corrected chi connectivity index (χ1v) is 12.7. The molecule has 7 heteroatoms. The van der Waals surface area contributed by atoms with Crippen molar-refractivity contribution in [3.63, 3.8) is 0 Å². The molecule has 33 heavy (non-hydrogen) atoms. The first kappa shape index (κ1) is 22.3. The van der Waals surface area contributed by atoms with Crippen molar-refractivity contribution in [2.75, 3.05) is 26.4 Å². The normalized spacial score (nSPS) is 17.8. The number of nitrogens with zero attached hydrogens (tertiary/aromatic N) is 2. The van der Waals surface area contributed by atoms with Gasteiger partial charge in [0.1, 0.15) is 16.4 Å². The lowest BCUT2D eigenvalue weighted by Gasteiger charge is -2.38. The molecule has 1 N–H and O–H groups in total. The monoisotopic (exact) mass is 465 g/mol. The van der Waals surface area contributed by atoms with Crippen molar-refractivity contribution in [3.8, 4) is 5.75 Å². The smallest absolute Gasteiger partial charge is 0.261 e. The van der Waals surface area contributed by atoms with E-state index in [1.165, 1.54) is 29.7 Å². The number of benzene rings is 1. The molecule has 3 aromatic rings. The molecule has 3 heterocycles. The molecule has 2 aromatic heterocycles. The summed E-state index contributed by atoms with van der Waals surface area (Å²) in [6, 6.07) is 8.30. The number of amides is 1. The summed E-state index contributed by atoms with van der Waals surface area (Å²) in [5.41, 5.74) is 3.04. The second kappa shape index (κ2) is 9.03. The second-order valence-electron chi connectivity index (χ2n) is 9.21. The Hall–Kier alpha value is -2.51. The average Bonchev–Trinajstić information content (AvgIpc) is 3.62. The quantitative estimate of drug-likeness (QED) is 0.528. The zero-order valence-electron chi connectivity index (χ0n) is 19.6. The predicted molar refractivity (Wildman–Crippen MR) is 131 cm³/mol. The van der Waals surface area contributed by atoms with Gasteiger partial charge in [-0.15, -0.1) is 11.3 Å². The lowest BCUT2D eigenvalue weighted by Crippen LogP contribution is -2.44. The van der Waals surface area contributed by atoms with Crippen LogP contribution in [-0.4, -0.2) is 42.2 Å². The standard InChI is InChI=1S/C26H31N3O3S/c1-4-32-20-9-7-19(8-10-20)26(11-13-31-14-12-26)15-27-24(30)22-16(2)21-17(3)28-23(18-5-6-18)29-25(21)33-22/h7-10,18H,4-6,11-15H2,1-3H3,(H,27,30). The van der Waals surface area contributed by atoms with Crippen LogP contribution in [0, 0.1) is 13.8 Å². The molecule has 2 aliphatic rings. The van der Waals surface area contributed by atoms with Gasteiger partial charge in [0.15, 0.2) is 0 Å². The molecule has 1 aliphatic carbocycles. The van der Waals surface area contributed by atoms with E-state index in [9.17, 15) is 4.79 Å². The second-order valence-corrected chi connectivity index (χ2v) is 10.2. The van der Waals surface area contributed by atoms with Crippen molar-refractivity contribution in [2.24, 2.45) is 0 Å². The Morgan fingerprint density at radius 3 is 2.58 bits per heavy atom. The van der Waals surface area contributed by atoms with Gasteiger partial charge in [-0.2, -0.15) is 0 Å². The minimum Gasteiger partial charge on any atom is -0.494 e. The molecule has 6 nitrogen and oxygen atoms in total. The van der Waals surface area contributed by atoms with Gasteiger partial charge in [0.05, 0.1) is 17.2 Å². The molecule has 1 saturated heterocycles. The van der Waals surface area contributed by atoms with Crippen molar-refractivity contribution in [3.05, 3.63) is 51.8 Å². The fraction of sp³-hybridized carbons (Fsp3) is 0.500. The maximum Gasteiger partial charge on any atom is 0.261 e. The Balaban J connectivity index is 1.38. The number of rotatable bonds is 7. The zero-order valence-corrected chi connectivity index (χ0v) is 20.4. The van der Waals surface area contributed by atoms with Crippen LogP contribution in [0.5, 0.6) is 5.75 Å². The largest absolute Gasteiger partial charge is 0.494 e. The highest BCUT2D eigenvalue weighted by molar-refractivity contribution is 7.20. The van der Waals surface area contributed by atoms with Gasteiger partial charge in [-0.25, -0.2) is 9.97 Å². The Kier molecular flexibility index (Phi) is 6.10. The van der Waals surface area contributed by atoms with E-state index in [2.05, 4.69) is 17.4 Å². The molecule has 1 amide bonds. The molecule has 0 radical (unpaired) electrons. The van der Waals surface area contributed by atoms with Crippen LogP contribution in [0.3, 0.4) is 0 Å². The third-order valence-corrected chi connectivity index (χ3v) is 8.14. The molecule has 5 rings (SSSR count). The minimum atomic E-state index is -0.141. The van der Waals surface area contributed by atoms with E-state index >= 15 is 0 Å².